The molecule has 0 atom stereocenters. The molecule has 1 saturated carbocycles. The first-order valence-corrected chi connectivity index (χ1v) is 6.74. The predicted molar refractivity (Wildman–Crippen MR) is 73.0 cm³/mol. The molecular formula is C13H23N3O4. The number of nitrogens with two attached hydrogens (primary N) is 1. The van der Waals surface area contributed by atoms with Crippen molar-refractivity contribution in [3.8, 4) is 0 Å². The Morgan fingerprint density at radius 2 is 1.75 bits per heavy atom. The van der Waals surface area contributed by atoms with Crippen molar-refractivity contribution in [2.24, 2.45) is 5.73 Å². The third kappa shape index (κ3) is 3.40. The molecule has 7 heteroatoms. The summed E-state index contributed by atoms with van der Waals surface area (Å²) in [4.78, 5) is 37.4. The van der Waals surface area contributed by atoms with Crippen molar-refractivity contribution in [2.75, 3.05) is 13.6 Å². The van der Waals surface area contributed by atoms with Gasteiger partial charge in [-0.15, -0.1) is 0 Å². The first-order valence-electron chi connectivity index (χ1n) is 6.74. The maximum atomic E-state index is 12.5. The summed E-state index contributed by atoms with van der Waals surface area (Å²) in [5, 5.41) is 9.19. The van der Waals surface area contributed by atoms with Crippen LogP contribution in [0.5, 0.6) is 0 Å². The summed E-state index contributed by atoms with van der Waals surface area (Å²) in [6, 6.07) is -0.509. The minimum Gasteiger partial charge on any atom is -0.480 e. The summed E-state index contributed by atoms with van der Waals surface area (Å²) in [7, 11) is 1.43. The Balaban J connectivity index is 2.92. The van der Waals surface area contributed by atoms with Gasteiger partial charge in [0.25, 0.3) is 0 Å². The van der Waals surface area contributed by atoms with Crippen molar-refractivity contribution < 1.29 is 19.5 Å². The largest absolute Gasteiger partial charge is 0.480 e. The molecule has 0 saturated heterocycles. The summed E-state index contributed by atoms with van der Waals surface area (Å²) in [5.41, 5.74) is 3.86. The molecule has 0 aromatic rings. The normalized spacial score (nSPS) is 15.9. The summed E-state index contributed by atoms with van der Waals surface area (Å²) in [6.45, 7) is 2.72. The minimum absolute atomic E-state index is 0.0398. The van der Waals surface area contributed by atoms with Crippen molar-refractivity contribution in [2.45, 2.75) is 51.1 Å². The Kier molecular flexibility index (Phi) is 4.97. The zero-order valence-corrected chi connectivity index (χ0v) is 12.3. The van der Waals surface area contributed by atoms with E-state index in [1.165, 1.54) is 25.8 Å². The van der Waals surface area contributed by atoms with Crippen molar-refractivity contribution in [1.29, 1.82) is 0 Å². The molecule has 0 aliphatic heterocycles. The quantitative estimate of drug-likeness (QED) is 0.773. The van der Waals surface area contributed by atoms with Gasteiger partial charge in [-0.2, -0.15) is 0 Å². The van der Waals surface area contributed by atoms with Gasteiger partial charge in [-0.3, -0.25) is 4.79 Å². The SMILES string of the molecule is CN(C(=O)N(CC(N)=O)C1CCCC1)C(C)(C)C(=O)O. The van der Waals surface area contributed by atoms with Gasteiger partial charge in [-0.25, -0.2) is 9.59 Å². The number of aliphatic carboxylic acids is 1. The van der Waals surface area contributed by atoms with E-state index in [4.69, 9.17) is 5.73 Å². The lowest BCUT2D eigenvalue weighted by atomic mass is 10.0. The van der Waals surface area contributed by atoms with Gasteiger partial charge in [-0.1, -0.05) is 12.8 Å². The first kappa shape index (κ1) is 16.3. The number of hydrogen-bond donors (Lipinski definition) is 2. The second kappa shape index (κ2) is 6.11. The van der Waals surface area contributed by atoms with Crippen LogP contribution >= 0.6 is 0 Å². The first-order chi connectivity index (χ1) is 9.17. The molecule has 1 rings (SSSR count). The number of urea groups is 1. The lowest BCUT2D eigenvalue weighted by Gasteiger charge is -2.38. The van der Waals surface area contributed by atoms with E-state index < -0.39 is 23.4 Å². The van der Waals surface area contributed by atoms with Crippen LogP contribution in [0.15, 0.2) is 0 Å². The van der Waals surface area contributed by atoms with Crippen LogP contribution in [0.25, 0.3) is 0 Å². The third-order valence-electron chi connectivity index (χ3n) is 3.99. The minimum atomic E-state index is -1.34. The zero-order valence-electron chi connectivity index (χ0n) is 12.3. The average molecular weight is 285 g/mol. The number of carbonyl (C=O) groups excluding carboxylic acids is 2. The molecule has 3 amide bonds. The van der Waals surface area contributed by atoms with Crippen LogP contribution < -0.4 is 5.73 Å². The monoisotopic (exact) mass is 285 g/mol. The van der Waals surface area contributed by atoms with Gasteiger partial charge in [0.1, 0.15) is 12.1 Å². The molecule has 114 valence electrons. The summed E-state index contributed by atoms with van der Waals surface area (Å²) < 4.78 is 0. The maximum absolute atomic E-state index is 12.5. The van der Waals surface area contributed by atoms with Crippen molar-refractivity contribution in [1.82, 2.24) is 9.80 Å². The summed E-state index contributed by atoms with van der Waals surface area (Å²) in [6.07, 6.45) is 3.64. The van der Waals surface area contributed by atoms with Crippen LogP contribution in [0.1, 0.15) is 39.5 Å². The van der Waals surface area contributed by atoms with E-state index in [0.29, 0.717) is 0 Å². The van der Waals surface area contributed by atoms with Crippen LogP contribution in [-0.2, 0) is 9.59 Å². The number of rotatable bonds is 5. The molecule has 0 aromatic carbocycles. The Hall–Kier alpha value is -1.79. The van der Waals surface area contributed by atoms with Gasteiger partial charge >= 0.3 is 12.0 Å². The average Bonchev–Trinajstić information content (AvgIpc) is 2.87. The zero-order chi connectivity index (χ0) is 15.5. The smallest absolute Gasteiger partial charge is 0.329 e. The predicted octanol–water partition coefficient (Wildman–Crippen LogP) is 0.631. The number of carboxylic acid groups (broad SMARTS) is 1. The molecule has 1 aliphatic carbocycles. The van der Waals surface area contributed by atoms with E-state index in [1.807, 2.05) is 0 Å². The fraction of sp³-hybridized carbons (Fsp3) is 0.769. The summed E-state index contributed by atoms with van der Waals surface area (Å²) >= 11 is 0. The maximum Gasteiger partial charge on any atom is 0.329 e. The topological polar surface area (TPSA) is 104 Å². The van der Waals surface area contributed by atoms with Gasteiger partial charge in [-0.05, 0) is 26.7 Å². The van der Waals surface area contributed by atoms with Gasteiger partial charge in [0.05, 0.1) is 0 Å². The Morgan fingerprint density at radius 1 is 1.25 bits per heavy atom. The molecule has 0 radical (unpaired) electrons. The van der Waals surface area contributed by atoms with Crippen LogP contribution in [-0.4, -0.2) is 58.0 Å². The van der Waals surface area contributed by atoms with E-state index in [0.717, 1.165) is 30.6 Å². The standard InChI is InChI=1S/C13H23N3O4/c1-13(2,11(18)19)15(3)12(20)16(8-10(14)17)9-6-4-5-7-9/h9H,4-8H2,1-3H3,(H2,14,17)(H,18,19). The number of likely N-dealkylation sites (N-methyl/N-ethyl adjacent to an activating group) is 1. The highest BCUT2D eigenvalue weighted by molar-refractivity contribution is 5.88. The highest BCUT2D eigenvalue weighted by Gasteiger charge is 2.39. The molecule has 0 bridgehead atoms. The Labute approximate surface area is 118 Å². The van der Waals surface area contributed by atoms with Gasteiger partial charge in [0.15, 0.2) is 0 Å². The molecule has 0 spiro atoms. The lowest BCUT2D eigenvalue weighted by molar-refractivity contribution is -0.147. The summed E-state index contributed by atoms with van der Waals surface area (Å²) in [5.74, 6) is -1.69. The van der Waals surface area contributed by atoms with Gasteiger partial charge in [0.2, 0.25) is 5.91 Å². The number of carboxylic acids is 1. The molecule has 3 N–H and O–H groups in total. The second-order valence-corrected chi connectivity index (χ2v) is 5.74. The third-order valence-corrected chi connectivity index (χ3v) is 3.99. The van der Waals surface area contributed by atoms with Crippen molar-refractivity contribution in [3.63, 3.8) is 0 Å². The molecule has 20 heavy (non-hydrogen) atoms. The highest BCUT2D eigenvalue weighted by Crippen LogP contribution is 2.25. The molecule has 0 heterocycles. The van der Waals surface area contributed by atoms with Crippen LogP contribution in [0.2, 0.25) is 0 Å². The molecule has 7 nitrogen and oxygen atoms in total. The molecular weight excluding hydrogens is 262 g/mol. The molecule has 1 aliphatic rings. The van der Waals surface area contributed by atoms with E-state index in [-0.39, 0.29) is 12.6 Å². The molecule has 1 fully saturated rings. The van der Waals surface area contributed by atoms with Crippen molar-refractivity contribution >= 4 is 17.9 Å². The fourth-order valence-electron chi connectivity index (χ4n) is 2.31. The van der Waals surface area contributed by atoms with Gasteiger partial charge < -0.3 is 20.6 Å². The van der Waals surface area contributed by atoms with Crippen LogP contribution in [0.4, 0.5) is 4.79 Å². The molecule has 0 aromatic heterocycles. The van der Waals surface area contributed by atoms with E-state index in [2.05, 4.69) is 0 Å². The van der Waals surface area contributed by atoms with E-state index in [9.17, 15) is 19.5 Å². The fourth-order valence-corrected chi connectivity index (χ4v) is 2.31. The van der Waals surface area contributed by atoms with E-state index >= 15 is 0 Å². The Morgan fingerprint density at radius 3 is 2.15 bits per heavy atom. The van der Waals surface area contributed by atoms with Gasteiger partial charge in [0, 0.05) is 13.1 Å². The van der Waals surface area contributed by atoms with Crippen LogP contribution in [0.3, 0.4) is 0 Å². The number of carbonyl (C=O) groups is 3. The molecule has 0 unspecified atom stereocenters. The number of hydrogen-bond acceptors (Lipinski definition) is 3. The second-order valence-electron chi connectivity index (χ2n) is 5.74. The number of primary amides is 1. The number of amides is 3. The van der Waals surface area contributed by atoms with Crippen molar-refractivity contribution in [3.05, 3.63) is 0 Å². The number of nitrogens with zero attached hydrogens (tertiary/aromatic N) is 2. The lowest BCUT2D eigenvalue weighted by Crippen LogP contribution is -2.57. The van der Waals surface area contributed by atoms with E-state index in [1.54, 1.807) is 0 Å². The van der Waals surface area contributed by atoms with Crippen LogP contribution in [0, 0.1) is 0 Å². The highest BCUT2D eigenvalue weighted by atomic mass is 16.4. The Bertz CT molecular complexity index is 402.